The molecule has 0 unspecified atom stereocenters. The van der Waals surface area contributed by atoms with Crippen molar-refractivity contribution in [2.45, 2.75) is 0 Å². The van der Waals surface area contributed by atoms with Gasteiger partial charge in [0.1, 0.15) is 5.69 Å². The molecule has 0 saturated heterocycles. The average Bonchev–Trinajstić information content (AvgIpc) is 2.63. The topological polar surface area (TPSA) is 78.7 Å². The first-order valence-corrected chi connectivity index (χ1v) is 7.04. The Labute approximate surface area is 133 Å². The molecule has 1 amide bonds. The van der Waals surface area contributed by atoms with Crippen molar-refractivity contribution in [3.8, 4) is 11.1 Å². The van der Waals surface area contributed by atoms with Crippen LogP contribution in [0.4, 0.5) is 5.69 Å². The molecule has 5 heteroatoms. The molecule has 2 heterocycles. The number of nitrogens with zero attached hydrogens (tertiary/aromatic N) is 2. The molecule has 5 nitrogen and oxygen atoms in total. The van der Waals surface area contributed by atoms with Crippen LogP contribution in [0.15, 0.2) is 67.1 Å². The van der Waals surface area contributed by atoms with Gasteiger partial charge in [0.15, 0.2) is 0 Å². The first-order chi connectivity index (χ1) is 11.3. The van der Waals surface area contributed by atoms with E-state index in [0.29, 0.717) is 11.4 Å². The molecule has 1 aromatic carbocycles. The summed E-state index contributed by atoms with van der Waals surface area (Å²) in [5.41, 5.74) is 3.48. The summed E-state index contributed by atoms with van der Waals surface area (Å²) in [5, 5.41) is 10.0. The standard InChI is InChI=1S/C18H14N4O/c19-11-13-3-1-5-16(9-13)22-18(23)17-10-14(6-8-21-17)15-4-2-7-20-12-15/h1-12,19H,(H,22,23). The van der Waals surface area contributed by atoms with Crippen LogP contribution in [0, 0.1) is 5.41 Å². The van der Waals surface area contributed by atoms with E-state index in [1.165, 1.54) is 6.21 Å². The van der Waals surface area contributed by atoms with E-state index in [1.54, 1.807) is 48.9 Å². The number of benzene rings is 1. The Morgan fingerprint density at radius 2 is 1.96 bits per heavy atom. The summed E-state index contributed by atoms with van der Waals surface area (Å²) in [6, 6.07) is 14.4. The number of anilines is 1. The lowest BCUT2D eigenvalue weighted by molar-refractivity contribution is 0.102. The summed E-state index contributed by atoms with van der Waals surface area (Å²) in [7, 11) is 0. The third kappa shape index (κ3) is 3.47. The van der Waals surface area contributed by atoms with Gasteiger partial charge in [0, 0.05) is 36.1 Å². The zero-order valence-electron chi connectivity index (χ0n) is 12.2. The van der Waals surface area contributed by atoms with Gasteiger partial charge in [-0.05, 0) is 41.5 Å². The van der Waals surface area contributed by atoms with E-state index < -0.39 is 0 Å². The molecular formula is C18H14N4O. The molecule has 2 N–H and O–H groups in total. The summed E-state index contributed by atoms with van der Waals surface area (Å²) >= 11 is 0. The molecule has 3 aromatic rings. The van der Waals surface area contributed by atoms with Crippen molar-refractivity contribution in [3.63, 3.8) is 0 Å². The third-order valence-corrected chi connectivity index (χ3v) is 3.30. The summed E-state index contributed by atoms with van der Waals surface area (Å²) < 4.78 is 0. The molecule has 2 aromatic heterocycles. The first-order valence-electron chi connectivity index (χ1n) is 7.04. The number of pyridine rings is 2. The molecule has 0 aliphatic rings. The fraction of sp³-hybridized carbons (Fsp3) is 0. The van der Waals surface area contributed by atoms with Crippen LogP contribution in [0.3, 0.4) is 0 Å². The van der Waals surface area contributed by atoms with E-state index >= 15 is 0 Å². The lowest BCUT2D eigenvalue weighted by atomic mass is 10.1. The van der Waals surface area contributed by atoms with Gasteiger partial charge in [-0.3, -0.25) is 14.8 Å². The molecule has 0 aliphatic carbocycles. The van der Waals surface area contributed by atoms with Gasteiger partial charge in [0.2, 0.25) is 0 Å². The maximum Gasteiger partial charge on any atom is 0.274 e. The molecule has 0 fully saturated rings. The van der Waals surface area contributed by atoms with Crippen molar-refractivity contribution in [3.05, 3.63) is 78.4 Å². The Balaban J connectivity index is 1.84. The van der Waals surface area contributed by atoms with Crippen LogP contribution >= 0.6 is 0 Å². The SMILES string of the molecule is N=Cc1cccc(NC(=O)c2cc(-c3cccnc3)ccn2)c1. The maximum absolute atomic E-state index is 12.4. The van der Waals surface area contributed by atoms with Crippen LogP contribution in [0.5, 0.6) is 0 Å². The molecular weight excluding hydrogens is 288 g/mol. The molecule has 0 spiro atoms. The van der Waals surface area contributed by atoms with Gasteiger partial charge in [0.25, 0.3) is 5.91 Å². The Bertz CT molecular complexity index is 846. The van der Waals surface area contributed by atoms with E-state index in [-0.39, 0.29) is 5.91 Å². The quantitative estimate of drug-likeness (QED) is 0.725. The molecule has 0 atom stereocenters. The van der Waals surface area contributed by atoms with Crippen molar-refractivity contribution in [2.75, 3.05) is 5.32 Å². The van der Waals surface area contributed by atoms with Gasteiger partial charge in [-0.15, -0.1) is 0 Å². The van der Waals surface area contributed by atoms with E-state index in [9.17, 15) is 4.79 Å². The minimum absolute atomic E-state index is 0.294. The van der Waals surface area contributed by atoms with Crippen molar-refractivity contribution in [2.24, 2.45) is 0 Å². The zero-order chi connectivity index (χ0) is 16.1. The minimum atomic E-state index is -0.294. The Hall–Kier alpha value is -3.34. The molecule has 0 bridgehead atoms. The zero-order valence-corrected chi connectivity index (χ0v) is 12.2. The molecule has 0 radical (unpaired) electrons. The molecule has 0 aliphatic heterocycles. The fourth-order valence-electron chi connectivity index (χ4n) is 2.17. The predicted octanol–water partition coefficient (Wildman–Crippen LogP) is 3.39. The Kier molecular flexibility index (Phi) is 4.20. The van der Waals surface area contributed by atoms with Gasteiger partial charge in [-0.25, -0.2) is 0 Å². The third-order valence-electron chi connectivity index (χ3n) is 3.30. The van der Waals surface area contributed by atoms with Crippen LogP contribution in [0.25, 0.3) is 11.1 Å². The highest BCUT2D eigenvalue weighted by Crippen LogP contribution is 2.18. The normalized spacial score (nSPS) is 10.1. The van der Waals surface area contributed by atoms with Gasteiger partial charge < -0.3 is 10.7 Å². The van der Waals surface area contributed by atoms with Crippen LogP contribution in [0.2, 0.25) is 0 Å². The van der Waals surface area contributed by atoms with Gasteiger partial charge in [0.05, 0.1) is 0 Å². The number of carbonyl (C=O) groups is 1. The molecule has 23 heavy (non-hydrogen) atoms. The highest BCUT2D eigenvalue weighted by molar-refractivity contribution is 6.03. The highest BCUT2D eigenvalue weighted by atomic mass is 16.1. The van der Waals surface area contributed by atoms with E-state index in [2.05, 4.69) is 15.3 Å². The number of rotatable bonds is 4. The van der Waals surface area contributed by atoms with Crippen molar-refractivity contribution in [1.29, 1.82) is 5.41 Å². The van der Waals surface area contributed by atoms with Crippen LogP contribution in [-0.4, -0.2) is 22.1 Å². The lowest BCUT2D eigenvalue weighted by Gasteiger charge is -2.07. The summed E-state index contributed by atoms with van der Waals surface area (Å²) in [6.45, 7) is 0. The van der Waals surface area contributed by atoms with Crippen LogP contribution < -0.4 is 5.32 Å². The second kappa shape index (κ2) is 6.62. The molecule has 112 valence electrons. The largest absolute Gasteiger partial charge is 0.321 e. The number of nitrogens with one attached hydrogen (secondary N) is 2. The molecule has 0 saturated carbocycles. The first kappa shape index (κ1) is 14.6. The summed E-state index contributed by atoms with van der Waals surface area (Å²) in [6.07, 6.45) is 6.28. The predicted molar refractivity (Wildman–Crippen MR) is 89.7 cm³/mol. The number of hydrogen-bond acceptors (Lipinski definition) is 4. The Morgan fingerprint density at radius 3 is 2.74 bits per heavy atom. The van der Waals surface area contributed by atoms with E-state index in [1.807, 2.05) is 18.2 Å². The van der Waals surface area contributed by atoms with Gasteiger partial charge >= 0.3 is 0 Å². The summed E-state index contributed by atoms with van der Waals surface area (Å²) in [4.78, 5) is 20.6. The fourth-order valence-corrected chi connectivity index (χ4v) is 2.17. The highest BCUT2D eigenvalue weighted by Gasteiger charge is 2.09. The second-order valence-corrected chi connectivity index (χ2v) is 4.90. The van der Waals surface area contributed by atoms with Crippen molar-refractivity contribution >= 4 is 17.8 Å². The van der Waals surface area contributed by atoms with Crippen molar-refractivity contribution < 1.29 is 4.79 Å². The van der Waals surface area contributed by atoms with Gasteiger partial charge in [-0.2, -0.15) is 0 Å². The Morgan fingerprint density at radius 1 is 1.04 bits per heavy atom. The van der Waals surface area contributed by atoms with E-state index in [4.69, 9.17) is 5.41 Å². The smallest absolute Gasteiger partial charge is 0.274 e. The average molecular weight is 302 g/mol. The van der Waals surface area contributed by atoms with Crippen molar-refractivity contribution in [1.82, 2.24) is 9.97 Å². The number of hydrogen-bond donors (Lipinski definition) is 2. The second-order valence-electron chi connectivity index (χ2n) is 4.90. The minimum Gasteiger partial charge on any atom is -0.321 e. The van der Waals surface area contributed by atoms with E-state index in [0.717, 1.165) is 16.7 Å². The lowest BCUT2D eigenvalue weighted by Crippen LogP contribution is -2.13. The summed E-state index contributed by atoms with van der Waals surface area (Å²) in [5.74, 6) is -0.294. The molecule has 3 rings (SSSR count). The van der Waals surface area contributed by atoms with Crippen LogP contribution in [0.1, 0.15) is 16.1 Å². The monoisotopic (exact) mass is 302 g/mol. The number of carbonyl (C=O) groups excluding carboxylic acids is 1. The number of aromatic nitrogens is 2. The van der Waals surface area contributed by atoms with Crippen LogP contribution in [-0.2, 0) is 0 Å². The van der Waals surface area contributed by atoms with Gasteiger partial charge in [-0.1, -0.05) is 18.2 Å². The maximum atomic E-state index is 12.4. The number of amides is 1.